The molecule has 3 fully saturated rings. The van der Waals surface area contributed by atoms with Crippen LogP contribution in [0.2, 0.25) is 0 Å². The van der Waals surface area contributed by atoms with Gasteiger partial charge in [0, 0.05) is 18.7 Å². The van der Waals surface area contributed by atoms with Gasteiger partial charge in [-0.15, -0.1) is 0 Å². The van der Waals surface area contributed by atoms with Gasteiger partial charge < -0.3 is 5.32 Å². The van der Waals surface area contributed by atoms with Crippen molar-refractivity contribution in [2.45, 2.75) is 12.8 Å². The highest BCUT2D eigenvalue weighted by Gasteiger charge is 2.66. The fourth-order valence-electron chi connectivity index (χ4n) is 5.21. The van der Waals surface area contributed by atoms with Crippen LogP contribution in [-0.2, 0) is 14.4 Å². The van der Waals surface area contributed by atoms with Gasteiger partial charge in [0.25, 0.3) is 0 Å². The Morgan fingerprint density at radius 2 is 1.62 bits per heavy atom. The predicted molar refractivity (Wildman–Crippen MR) is 91.1 cm³/mol. The van der Waals surface area contributed by atoms with Crippen LogP contribution in [0.3, 0.4) is 0 Å². The Labute approximate surface area is 150 Å². The maximum atomic E-state index is 12.9. The van der Waals surface area contributed by atoms with Crippen molar-refractivity contribution in [3.63, 3.8) is 0 Å². The minimum atomic E-state index is -0.375. The van der Waals surface area contributed by atoms with Crippen molar-refractivity contribution < 1.29 is 18.8 Å². The fraction of sp³-hybridized carbons (Fsp3) is 0.450. The first-order chi connectivity index (χ1) is 12.5. The van der Waals surface area contributed by atoms with Gasteiger partial charge in [0.05, 0.1) is 11.8 Å². The van der Waals surface area contributed by atoms with Crippen LogP contribution in [0.15, 0.2) is 36.4 Å². The molecule has 6 atom stereocenters. The Bertz CT molecular complexity index is 798. The highest BCUT2D eigenvalue weighted by molar-refractivity contribution is 6.06. The molecule has 1 aromatic carbocycles. The second-order valence-corrected chi connectivity index (χ2v) is 7.79. The van der Waals surface area contributed by atoms with Gasteiger partial charge in [-0.05, 0) is 54.4 Å². The van der Waals surface area contributed by atoms with Gasteiger partial charge in [-0.2, -0.15) is 0 Å². The molecule has 6 rings (SSSR count). The fourth-order valence-corrected chi connectivity index (χ4v) is 5.21. The zero-order valence-corrected chi connectivity index (χ0v) is 14.1. The average molecular weight is 354 g/mol. The van der Waals surface area contributed by atoms with Crippen LogP contribution in [0, 0.1) is 41.3 Å². The summed E-state index contributed by atoms with van der Waals surface area (Å²) in [6.07, 6.45) is 5.45. The topological polar surface area (TPSA) is 66.5 Å². The van der Waals surface area contributed by atoms with Gasteiger partial charge in [-0.25, -0.2) is 4.39 Å². The van der Waals surface area contributed by atoms with E-state index in [0.29, 0.717) is 17.5 Å². The molecule has 134 valence electrons. The molecular weight excluding hydrogens is 335 g/mol. The van der Waals surface area contributed by atoms with Gasteiger partial charge in [0.2, 0.25) is 17.7 Å². The summed E-state index contributed by atoms with van der Waals surface area (Å²) < 4.78 is 12.9. The third kappa shape index (κ3) is 2.24. The standard InChI is InChI=1S/C20H19FN2O3/c21-10-1-3-11(4-2-10)22-16(24)7-8-23-19(25)17-12-5-6-13(15-9-14(12)15)18(17)20(23)26/h1-6,12-15,17-18H,7-9H2,(H,22,24)/t12-,13-,14-,15-,17+,18+/m1/s1. The third-order valence-electron chi connectivity index (χ3n) is 6.44. The monoisotopic (exact) mass is 354 g/mol. The molecule has 2 bridgehead atoms. The van der Waals surface area contributed by atoms with Crippen LogP contribution in [0.1, 0.15) is 12.8 Å². The van der Waals surface area contributed by atoms with E-state index in [1.54, 1.807) is 0 Å². The van der Waals surface area contributed by atoms with Crippen molar-refractivity contribution in [1.82, 2.24) is 4.90 Å². The maximum absolute atomic E-state index is 12.9. The molecule has 3 amide bonds. The van der Waals surface area contributed by atoms with Crippen molar-refractivity contribution in [2.75, 3.05) is 11.9 Å². The number of rotatable bonds is 4. The highest BCUT2D eigenvalue weighted by Crippen LogP contribution is 2.65. The summed E-state index contributed by atoms with van der Waals surface area (Å²) in [7, 11) is 0. The van der Waals surface area contributed by atoms with Crippen LogP contribution < -0.4 is 5.32 Å². The number of carbonyl (C=O) groups is 3. The summed E-state index contributed by atoms with van der Waals surface area (Å²) in [5.74, 6) is 0.209. The summed E-state index contributed by atoms with van der Waals surface area (Å²) in [6.45, 7) is 0.104. The number of benzene rings is 1. The summed E-state index contributed by atoms with van der Waals surface area (Å²) in [5.41, 5.74) is 0.492. The van der Waals surface area contributed by atoms with E-state index in [0.717, 1.165) is 6.42 Å². The van der Waals surface area contributed by atoms with E-state index < -0.39 is 0 Å². The van der Waals surface area contributed by atoms with Gasteiger partial charge in [0.15, 0.2) is 0 Å². The van der Waals surface area contributed by atoms with Crippen LogP contribution >= 0.6 is 0 Å². The van der Waals surface area contributed by atoms with Crippen molar-refractivity contribution in [2.24, 2.45) is 35.5 Å². The number of allylic oxidation sites excluding steroid dienone is 2. The molecule has 1 N–H and O–H groups in total. The Hall–Kier alpha value is -2.50. The SMILES string of the molecule is O=C(CCN1C(=O)[C@H]2[C@@H]3C=C[C@H]([C@H]4C[C@H]34)[C@@H]2C1=O)Nc1ccc(F)cc1. The molecule has 5 nitrogen and oxygen atoms in total. The molecule has 1 heterocycles. The largest absolute Gasteiger partial charge is 0.326 e. The number of hydrogen-bond donors (Lipinski definition) is 1. The maximum Gasteiger partial charge on any atom is 0.233 e. The van der Waals surface area contributed by atoms with Crippen LogP contribution in [0.5, 0.6) is 0 Å². The zero-order chi connectivity index (χ0) is 18.0. The minimum absolute atomic E-state index is 0.0456. The van der Waals surface area contributed by atoms with Crippen LogP contribution in [-0.4, -0.2) is 29.2 Å². The third-order valence-corrected chi connectivity index (χ3v) is 6.44. The Morgan fingerprint density at radius 3 is 2.19 bits per heavy atom. The second kappa shape index (κ2) is 5.50. The molecule has 1 aromatic rings. The molecule has 0 spiro atoms. The summed E-state index contributed by atoms with van der Waals surface area (Å²) in [4.78, 5) is 39.0. The Kier molecular flexibility index (Phi) is 3.33. The first kappa shape index (κ1) is 15.7. The summed E-state index contributed by atoms with van der Waals surface area (Å²) in [6, 6.07) is 5.48. The molecule has 2 saturated carbocycles. The van der Waals surface area contributed by atoms with E-state index in [9.17, 15) is 18.8 Å². The van der Waals surface area contributed by atoms with E-state index in [2.05, 4.69) is 17.5 Å². The number of imide groups is 1. The highest BCUT2D eigenvalue weighted by atomic mass is 19.1. The molecule has 1 saturated heterocycles. The van der Waals surface area contributed by atoms with Crippen molar-refractivity contribution in [3.8, 4) is 0 Å². The number of carbonyl (C=O) groups excluding carboxylic acids is 3. The average Bonchev–Trinajstić information content (AvgIpc) is 3.41. The number of hydrogen-bond acceptors (Lipinski definition) is 3. The predicted octanol–water partition coefficient (Wildman–Crippen LogP) is 2.21. The molecule has 6 heteroatoms. The summed E-state index contributed by atoms with van der Waals surface area (Å²) in [5, 5.41) is 2.66. The Morgan fingerprint density at radius 1 is 1.04 bits per heavy atom. The molecule has 1 aliphatic heterocycles. The summed E-state index contributed by atoms with van der Waals surface area (Å²) >= 11 is 0. The molecule has 0 radical (unpaired) electrons. The molecular formula is C20H19FN2O3. The van der Waals surface area contributed by atoms with Gasteiger partial charge in [-0.3, -0.25) is 19.3 Å². The lowest BCUT2D eigenvalue weighted by atomic mass is 9.63. The number of nitrogens with zero attached hydrogens (tertiary/aromatic N) is 1. The lowest BCUT2D eigenvalue weighted by Gasteiger charge is -2.37. The first-order valence-corrected chi connectivity index (χ1v) is 9.13. The zero-order valence-electron chi connectivity index (χ0n) is 14.1. The first-order valence-electron chi connectivity index (χ1n) is 9.13. The van der Waals surface area contributed by atoms with E-state index in [4.69, 9.17) is 0 Å². The minimum Gasteiger partial charge on any atom is -0.326 e. The number of likely N-dealkylation sites (tertiary alicyclic amines) is 1. The molecule has 5 aliphatic rings. The molecule has 26 heavy (non-hydrogen) atoms. The quantitative estimate of drug-likeness (QED) is 0.666. The Balaban J connectivity index is 1.24. The normalized spacial score (nSPS) is 36.1. The van der Waals surface area contributed by atoms with E-state index in [1.165, 1.54) is 29.2 Å². The number of amides is 3. The van der Waals surface area contributed by atoms with Gasteiger partial charge in [0.1, 0.15) is 5.82 Å². The molecule has 4 aliphatic carbocycles. The van der Waals surface area contributed by atoms with Gasteiger partial charge in [-0.1, -0.05) is 12.2 Å². The number of nitrogens with one attached hydrogen (secondary N) is 1. The van der Waals surface area contributed by atoms with Crippen molar-refractivity contribution >= 4 is 23.4 Å². The van der Waals surface area contributed by atoms with Crippen molar-refractivity contribution in [1.29, 1.82) is 0 Å². The molecule has 0 aromatic heterocycles. The van der Waals surface area contributed by atoms with Crippen LogP contribution in [0.25, 0.3) is 0 Å². The molecule has 0 unspecified atom stereocenters. The smallest absolute Gasteiger partial charge is 0.233 e. The second-order valence-electron chi connectivity index (χ2n) is 7.79. The number of anilines is 1. The van der Waals surface area contributed by atoms with E-state index in [-0.39, 0.29) is 60.2 Å². The van der Waals surface area contributed by atoms with E-state index >= 15 is 0 Å². The van der Waals surface area contributed by atoms with Crippen molar-refractivity contribution in [3.05, 3.63) is 42.2 Å². The van der Waals surface area contributed by atoms with E-state index in [1.807, 2.05) is 0 Å². The van der Waals surface area contributed by atoms with Crippen LogP contribution in [0.4, 0.5) is 10.1 Å². The number of halogens is 1. The van der Waals surface area contributed by atoms with Gasteiger partial charge >= 0.3 is 0 Å². The lowest BCUT2D eigenvalue weighted by Crippen LogP contribution is -2.40. The lowest BCUT2D eigenvalue weighted by molar-refractivity contribution is -0.140.